The van der Waals surface area contributed by atoms with Gasteiger partial charge in [0.15, 0.2) is 5.78 Å². The van der Waals surface area contributed by atoms with E-state index in [9.17, 15) is 14.4 Å². The largest absolute Gasteiger partial charge is 0.444 e. The van der Waals surface area contributed by atoms with E-state index in [4.69, 9.17) is 4.74 Å². The van der Waals surface area contributed by atoms with Crippen LogP contribution in [-0.2, 0) is 16.1 Å². The van der Waals surface area contributed by atoms with Gasteiger partial charge in [0, 0.05) is 41.5 Å². The Bertz CT molecular complexity index is 1400. The molecule has 0 bridgehead atoms. The van der Waals surface area contributed by atoms with Gasteiger partial charge in [-0.25, -0.2) is 4.79 Å². The Hall–Kier alpha value is -3.68. The summed E-state index contributed by atoms with van der Waals surface area (Å²) in [6.45, 7) is 4.02. The summed E-state index contributed by atoms with van der Waals surface area (Å²) < 4.78 is 5.43. The van der Waals surface area contributed by atoms with Crippen LogP contribution in [0.4, 0.5) is 16.2 Å². The summed E-state index contributed by atoms with van der Waals surface area (Å²) >= 11 is 0. The van der Waals surface area contributed by atoms with E-state index in [1.165, 1.54) is 0 Å². The molecular formula is C29H28ClN3O4. The number of fused-ring (bicyclic) bond motifs is 4. The molecule has 0 spiro atoms. The molecule has 1 fully saturated rings. The molecule has 3 aromatic rings. The lowest BCUT2D eigenvalue weighted by molar-refractivity contribution is -0.117. The summed E-state index contributed by atoms with van der Waals surface area (Å²) in [4.78, 5) is 42.0. The predicted octanol–water partition coefficient (Wildman–Crippen LogP) is 5.19. The summed E-state index contributed by atoms with van der Waals surface area (Å²) in [6, 6.07) is 19.2. The number of carbonyl (C=O) groups is 3. The van der Waals surface area contributed by atoms with Gasteiger partial charge in [-0.15, -0.1) is 12.4 Å². The van der Waals surface area contributed by atoms with Gasteiger partial charge in [0.2, 0.25) is 5.91 Å². The first-order valence-corrected chi connectivity index (χ1v) is 12.3. The van der Waals surface area contributed by atoms with Gasteiger partial charge in [-0.05, 0) is 49.1 Å². The fraction of sp³-hybridized carbons (Fsp3) is 0.276. The van der Waals surface area contributed by atoms with Crippen LogP contribution >= 0.6 is 12.4 Å². The monoisotopic (exact) mass is 517 g/mol. The van der Waals surface area contributed by atoms with E-state index in [-0.39, 0.29) is 42.8 Å². The second-order valence-corrected chi connectivity index (χ2v) is 9.75. The SMILES string of the molecule is Cc1ccc2c(c1)COC(=O)N2C1CCN(CC(=O)Nc2ccc3c(c2)C(=O)c2ccccc2-3)CC1.Cl. The predicted molar refractivity (Wildman–Crippen MR) is 144 cm³/mol. The highest BCUT2D eigenvalue weighted by atomic mass is 35.5. The van der Waals surface area contributed by atoms with Crippen molar-refractivity contribution in [1.29, 1.82) is 0 Å². The third-order valence-corrected chi connectivity index (χ3v) is 7.34. The number of ketones is 1. The molecule has 190 valence electrons. The Kier molecular flexibility index (Phi) is 6.75. The number of ether oxygens (including phenoxy) is 1. The summed E-state index contributed by atoms with van der Waals surface area (Å²) in [7, 11) is 0. The van der Waals surface area contributed by atoms with Crippen LogP contribution in [0.3, 0.4) is 0 Å². The highest BCUT2D eigenvalue weighted by Crippen LogP contribution is 2.37. The number of benzene rings is 3. The molecule has 8 heteroatoms. The van der Waals surface area contributed by atoms with Gasteiger partial charge in [0.25, 0.3) is 0 Å². The number of likely N-dealkylation sites (tertiary alicyclic amines) is 1. The van der Waals surface area contributed by atoms with Crippen molar-refractivity contribution in [2.24, 2.45) is 0 Å². The number of piperidine rings is 1. The Morgan fingerprint density at radius 1 is 0.946 bits per heavy atom. The van der Waals surface area contributed by atoms with Crippen LogP contribution in [-0.4, -0.2) is 48.4 Å². The van der Waals surface area contributed by atoms with Gasteiger partial charge in [-0.2, -0.15) is 0 Å². The zero-order valence-electron chi connectivity index (χ0n) is 20.5. The minimum Gasteiger partial charge on any atom is -0.444 e. The first kappa shape index (κ1) is 25.0. The Morgan fingerprint density at radius 3 is 2.46 bits per heavy atom. The zero-order valence-corrected chi connectivity index (χ0v) is 21.3. The lowest BCUT2D eigenvalue weighted by Gasteiger charge is -2.40. The highest BCUT2D eigenvalue weighted by molar-refractivity contribution is 6.22. The molecule has 0 unspecified atom stereocenters. The molecule has 1 saturated heterocycles. The van der Waals surface area contributed by atoms with Gasteiger partial charge in [0.05, 0.1) is 12.2 Å². The first-order valence-electron chi connectivity index (χ1n) is 12.3. The third-order valence-electron chi connectivity index (χ3n) is 7.34. The Labute approximate surface area is 221 Å². The normalized spacial score (nSPS) is 16.8. The number of carbonyl (C=O) groups excluding carboxylic acids is 3. The van der Waals surface area contributed by atoms with Crippen LogP contribution < -0.4 is 10.2 Å². The van der Waals surface area contributed by atoms with Gasteiger partial charge in [-0.1, -0.05) is 48.0 Å². The van der Waals surface area contributed by atoms with Gasteiger partial charge >= 0.3 is 6.09 Å². The van der Waals surface area contributed by atoms with Crippen molar-refractivity contribution in [3.05, 3.63) is 82.9 Å². The van der Waals surface area contributed by atoms with E-state index in [2.05, 4.69) is 16.3 Å². The maximum atomic E-state index is 12.8. The molecule has 0 aromatic heterocycles. The fourth-order valence-electron chi connectivity index (χ4n) is 5.56. The summed E-state index contributed by atoms with van der Waals surface area (Å²) in [5.41, 5.74) is 6.90. The number of rotatable bonds is 4. The number of halogens is 1. The van der Waals surface area contributed by atoms with Crippen molar-refractivity contribution >= 4 is 41.6 Å². The summed E-state index contributed by atoms with van der Waals surface area (Å²) in [6.07, 6.45) is 1.23. The smallest absolute Gasteiger partial charge is 0.414 e. The molecule has 0 radical (unpaired) electrons. The number of aryl methyl sites for hydroxylation is 1. The van der Waals surface area contributed by atoms with Crippen LogP contribution in [0.15, 0.2) is 60.7 Å². The highest BCUT2D eigenvalue weighted by Gasteiger charge is 2.34. The fourth-order valence-corrected chi connectivity index (χ4v) is 5.56. The van der Waals surface area contributed by atoms with Crippen LogP contribution in [0, 0.1) is 6.92 Å². The molecule has 2 amide bonds. The minimum absolute atomic E-state index is 0. The second kappa shape index (κ2) is 10.00. The van der Waals surface area contributed by atoms with Gasteiger partial charge < -0.3 is 10.1 Å². The maximum absolute atomic E-state index is 12.8. The number of cyclic esters (lactones) is 1. The number of hydrogen-bond donors (Lipinski definition) is 1. The second-order valence-electron chi connectivity index (χ2n) is 9.75. The lowest BCUT2D eigenvalue weighted by atomic mass is 10.00. The average molecular weight is 518 g/mol. The molecule has 37 heavy (non-hydrogen) atoms. The minimum atomic E-state index is -0.296. The van der Waals surface area contributed by atoms with Crippen molar-refractivity contribution in [3.63, 3.8) is 0 Å². The number of nitrogens with one attached hydrogen (secondary N) is 1. The summed E-state index contributed by atoms with van der Waals surface area (Å²) in [5, 5.41) is 2.95. The lowest BCUT2D eigenvalue weighted by Crippen LogP contribution is -2.50. The summed E-state index contributed by atoms with van der Waals surface area (Å²) in [5.74, 6) is -0.124. The molecule has 3 aliphatic rings. The average Bonchev–Trinajstić information content (AvgIpc) is 3.16. The molecule has 6 rings (SSSR count). The number of anilines is 2. The van der Waals surface area contributed by atoms with E-state index >= 15 is 0 Å². The zero-order chi connectivity index (χ0) is 24.8. The van der Waals surface area contributed by atoms with Crippen molar-refractivity contribution in [1.82, 2.24) is 4.90 Å². The molecule has 0 saturated carbocycles. The van der Waals surface area contributed by atoms with Crippen LogP contribution in [0.25, 0.3) is 11.1 Å². The Balaban J connectivity index is 0.00000280. The molecule has 2 aliphatic heterocycles. The van der Waals surface area contributed by atoms with E-state index < -0.39 is 0 Å². The molecule has 1 aliphatic carbocycles. The van der Waals surface area contributed by atoms with E-state index in [0.717, 1.165) is 40.8 Å². The van der Waals surface area contributed by atoms with Crippen molar-refractivity contribution in [2.45, 2.75) is 32.4 Å². The van der Waals surface area contributed by atoms with Crippen molar-refractivity contribution in [3.8, 4) is 11.1 Å². The number of amides is 2. The molecule has 2 heterocycles. The van der Waals surface area contributed by atoms with Crippen molar-refractivity contribution in [2.75, 3.05) is 29.9 Å². The van der Waals surface area contributed by atoms with Gasteiger partial charge in [0.1, 0.15) is 6.61 Å². The van der Waals surface area contributed by atoms with Crippen LogP contribution in [0.2, 0.25) is 0 Å². The topological polar surface area (TPSA) is 79.0 Å². The number of hydrogen-bond acceptors (Lipinski definition) is 5. The van der Waals surface area contributed by atoms with E-state index in [0.29, 0.717) is 36.5 Å². The van der Waals surface area contributed by atoms with Crippen molar-refractivity contribution < 1.29 is 19.1 Å². The standard InChI is InChI=1S/C29H27N3O4.ClH/c1-18-6-9-26-19(14-18)17-36-29(35)32(26)21-10-12-31(13-11-21)16-27(33)30-20-7-8-23-22-4-2-3-5-24(22)28(34)25(23)15-20;/h2-9,14-15,21H,10-13,16-17H2,1H3,(H,30,33);1H. The molecular weight excluding hydrogens is 490 g/mol. The third kappa shape index (κ3) is 4.61. The maximum Gasteiger partial charge on any atom is 0.414 e. The van der Waals surface area contributed by atoms with Crippen LogP contribution in [0.5, 0.6) is 0 Å². The molecule has 3 aromatic carbocycles. The Morgan fingerprint density at radius 2 is 1.68 bits per heavy atom. The van der Waals surface area contributed by atoms with Crippen LogP contribution in [0.1, 0.15) is 39.9 Å². The van der Waals surface area contributed by atoms with Gasteiger partial charge in [-0.3, -0.25) is 19.4 Å². The first-order chi connectivity index (χ1) is 17.5. The molecule has 0 atom stereocenters. The van der Waals surface area contributed by atoms with E-state index in [1.54, 1.807) is 11.0 Å². The molecule has 1 N–H and O–H groups in total. The van der Waals surface area contributed by atoms with E-state index in [1.807, 2.05) is 55.5 Å². The number of nitrogens with zero attached hydrogens (tertiary/aromatic N) is 2. The quantitative estimate of drug-likeness (QED) is 0.403. The molecule has 7 nitrogen and oxygen atoms in total.